The second-order valence-electron chi connectivity index (χ2n) is 7.36. The van der Waals surface area contributed by atoms with Crippen LogP contribution < -0.4 is 4.90 Å². The molecule has 4 heterocycles. The van der Waals surface area contributed by atoms with E-state index in [-0.39, 0.29) is 7.43 Å². The van der Waals surface area contributed by atoms with Crippen molar-refractivity contribution < 1.29 is 9.26 Å². The molecular weight excluding hydrogens is 414 g/mol. The third kappa shape index (κ3) is 5.54. The summed E-state index contributed by atoms with van der Waals surface area (Å²) in [6.07, 6.45) is 3.38. The van der Waals surface area contributed by atoms with Crippen molar-refractivity contribution in [3.8, 4) is 11.4 Å². The summed E-state index contributed by atoms with van der Waals surface area (Å²) >= 11 is 0. The number of anilines is 1. The SMILES string of the molecule is C.CC.CCc1cc(Cc2cnc3c(N4CCOCC4)nc(-c4ccccc4)nc3c2)no1. The first-order chi connectivity index (χ1) is 15.8. The molecule has 1 aliphatic rings. The normalized spacial score (nSPS) is 13.2. The molecule has 0 bridgehead atoms. The van der Waals surface area contributed by atoms with Gasteiger partial charge in [-0.3, -0.25) is 4.98 Å². The number of hydrogen-bond donors (Lipinski definition) is 0. The van der Waals surface area contributed by atoms with Crippen molar-refractivity contribution in [2.24, 2.45) is 0 Å². The van der Waals surface area contributed by atoms with Gasteiger partial charge in [0.2, 0.25) is 0 Å². The molecule has 5 rings (SSSR count). The Labute approximate surface area is 195 Å². The maximum atomic E-state index is 5.52. The Morgan fingerprint density at radius 2 is 1.76 bits per heavy atom. The van der Waals surface area contributed by atoms with Gasteiger partial charge >= 0.3 is 0 Å². The van der Waals surface area contributed by atoms with E-state index in [1.54, 1.807) is 0 Å². The fourth-order valence-corrected chi connectivity index (χ4v) is 3.67. The lowest BCUT2D eigenvalue weighted by Crippen LogP contribution is -2.37. The standard InChI is InChI=1S/C23H23N5O2.C2H6.CH4/c1-2-19-14-18(27-30-19)12-16-13-20-21(24-15-16)23(28-8-10-29-11-9-28)26-22(25-20)17-6-4-3-5-7-17;1-2;/h3-7,13-15H,2,8-12H2,1H3;1-2H3;1H4. The van der Waals surface area contributed by atoms with E-state index >= 15 is 0 Å². The molecule has 1 aromatic carbocycles. The molecule has 1 aliphatic heterocycles. The zero-order valence-electron chi connectivity index (χ0n) is 18.9. The van der Waals surface area contributed by atoms with Crippen molar-refractivity contribution in [3.05, 3.63) is 65.7 Å². The first kappa shape index (κ1) is 24.3. The van der Waals surface area contributed by atoms with Crippen LogP contribution in [-0.2, 0) is 17.6 Å². The van der Waals surface area contributed by atoms with Gasteiger partial charge in [-0.25, -0.2) is 9.97 Å². The predicted molar refractivity (Wildman–Crippen MR) is 133 cm³/mol. The van der Waals surface area contributed by atoms with Crippen LogP contribution in [0, 0.1) is 0 Å². The summed E-state index contributed by atoms with van der Waals surface area (Å²) in [7, 11) is 0. The van der Waals surface area contributed by atoms with Crippen LogP contribution in [0.1, 0.15) is 45.2 Å². The monoisotopic (exact) mass is 447 g/mol. The third-order valence-corrected chi connectivity index (χ3v) is 5.26. The van der Waals surface area contributed by atoms with Gasteiger partial charge in [-0.1, -0.05) is 63.7 Å². The highest BCUT2D eigenvalue weighted by molar-refractivity contribution is 5.88. The minimum absolute atomic E-state index is 0. The van der Waals surface area contributed by atoms with Crippen molar-refractivity contribution in [2.45, 2.75) is 41.0 Å². The van der Waals surface area contributed by atoms with Crippen LogP contribution in [0.3, 0.4) is 0 Å². The van der Waals surface area contributed by atoms with Crippen LogP contribution in [0.5, 0.6) is 0 Å². The summed E-state index contributed by atoms with van der Waals surface area (Å²) in [5.41, 5.74) is 4.59. The second kappa shape index (κ2) is 11.5. The molecule has 0 atom stereocenters. The summed E-state index contributed by atoms with van der Waals surface area (Å²) in [5, 5.41) is 4.16. The lowest BCUT2D eigenvalue weighted by molar-refractivity contribution is 0.122. The van der Waals surface area contributed by atoms with Crippen LogP contribution in [-0.4, -0.2) is 46.4 Å². The van der Waals surface area contributed by atoms with Crippen LogP contribution in [0.2, 0.25) is 0 Å². The number of fused-ring (bicyclic) bond motifs is 1. The number of pyridine rings is 1. The first-order valence-corrected chi connectivity index (χ1v) is 11.3. The minimum Gasteiger partial charge on any atom is -0.378 e. The maximum absolute atomic E-state index is 5.52. The molecular formula is C26H33N5O2. The van der Waals surface area contributed by atoms with E-state index in [1.807, 2.05) is 56.4 Å². The zero-order chi connectivity index (χ0) is 22.3. The number of aromatic nitrogens is 4. The smallest absolute Gasteiger partial charge is 0.162 e. The third-order valence-electron chi connectivity index (χ3n) is 5.26. The largest absolute Gasteiger partial charge is 0.378 e. The summed E-state index contributed by atoms with van der Waals surface area (Å²) < 4.78 is 10.9. The van der Waals surface area contributed by atoms with Crippen molar-refractivity contribution >= 4 is 16.9 Å². The van der Waals surface area contributed by atoms with Gasteiger partial charge in [-0.05, 0) is 11.6 Å². The van der Waals surface area contributed by atoms with Gasteiger partial charge in [-0.15, -0.1) is 0 Å². The topological polar surface area (TPSA) is 77.2 Å². The first-order valence-electron chi connectivity index (χ1n) is 11.3. The molecule has 4 aromatic rings. The van der Waals surface area contributed by atoms with Crippen LogP contribution in [0.15, 0.2) is 53.2 Å². The number of morpholine rings is 1. The number of rotatable bonds is 5. The molecule has 0 saturated carbocycles. The Hall–Kier alpha value is -3.32. The maximum Gasteiger partial charge on any atom is 0.162 e. The van der Waals surface area contributed by atoms with Crippen molar-refractivity contribution in [2.75, 3.05) is 31.2 Å². The molecule has 7 nitrogen and oxygen atoms in total. The summed E-state index contributed by atoms with van der Waals surface area (Å²) in [5.74, 6) is 2.46. The van der Waals surface area contributed by atoms with Gasteiger partial charge in [0.15, 0.2) is 11.6 Å². The fourth-order valence-electron chi connectivity index (χ4n) is 3.67. The Morgan fingerprint density at radius 3 is 2.45 bits per heavy atom. The molecule has 1 fully saturated rings. The van der Waals surface area contributed by atoms with Gasteiger partial charge in [0, 0.05) is 43.8 Å². The average molecular weight is 448 g/mol. The highest BCUT2D eigenvalue weighted by Crippen LogP contribution is 2.27. The van der Waals surface area contributed by atoms with E-state index in [4.69, 9.17) is 24.2 Å². The van der Waals surface area contributed by atoms with Gasteiger partial charge in [0.1, 0.15) is 11.3 Å². The highest BCUT2D eigenvalue weighted by Gasteiger charge is 2.19. The lowest BCUT2D eigenvalue weighted by Gasteiger charge is -2.28. The van der Waals surface area contributed by atoms with Gasteiger partial charge in [0.25, 0.3) is 0 Å². The fraction of sp³-hybridized carbons (Fsp3) is 0.385. The molecule has 0 aliphatic carbocycles. The molecule has 0 amide bonds. The average Bonchev–Trinajstić information content (AvgIpc) is 3.33. The quantitative estimate of drug-likeness (QED) is 0.409. The number of ether oxygens (including phenoxy) is 1. The molecule has 7 heteroatoms. The summed E-state index contributed by atoms with van der Waals surface area (Å²) in [6.45, 7) is 9.02. The van der Waals surface area contributed by atoms with E-state index in [2.05, 4.69) is 23.0 Å². The summed E-state index contributed by atoms with van der Waals surface area (Å²) in [6, 6.07) is 14.1. The Balaban J connectivity index is 0.000000994. The molecule has 0 unspecified atom stereocenters. The molecule has 33 heavy (non-hydrogen) atoms. The van der Waals surface area contributed by atoms with E-state index in [0.29, 0.717) is 25.5 Å². The highest BCUT2D eigenvalue weighted by atomic mass is 16.5. The zero-order valence-corrected chi connectivity index (χ0v) is 18.9. The summed E-state index contributed by atoms with van der Waals surface area (Å²) in [4.78, 5) is 16.7. The van der Waals surface area contributed by atoms with E-state index in [0.717, 1.165) is 58.9 Å². The Morgan fingerprint density at radius 1 is 1.00 bits per heavy atom. The Kier molecular flexibility index (Phi) is 8.49. The van der Waals surface area contributed by atoms with Crippen LogP contribution in [0.25, 0.3) is 22.4 Å². The molecule has 0 radical (unpaired) electrons. The van der Waals surface area contributed by atoms with Crippen molar-refractivity contribution in [1.29, 1.82) is 0 Å². The van der Waals surface area contributed by atoms with Crippen LogP contribution in [0.4, 0.5) is 5.82 Å². The van der Waals surface area contributed by atoms with E-state index in [1.165, 1.54) is 0 Å². The van der Waals surface area contributed by atoms with E-state index < -0.39 is 0 Å². The molecule has 174 valence electrons. The lowest BCUT2D eigenvalue weighted by atomic mass is 10.1. The van der Waals surface area contributed by atoms with Crippen LogP contribution >= 0.6 is 0 Å². The molecule has 0 spiro atoms. The minimum atomic E-state index is 0. The molecule has 3 aromatic heterocycles. The predicted octanol–water partition coefficient (Wildman–Crippen LogP) is 5.33. The van der Waals surface area contributed by atoms with Crippen molar-refractivity contribution in [1.82, 2.24) is 20.1 Å². The van der Waals surface area contributed by atoms with E-state index in [9.17, 15) is 0 Å². The molecule has 1 saturated heterocycles. The number of hydrogen-bond acceptors (Lipinski definition) is 7. The number of nitrogens with zero attached hydrogens (tertiary/aromatic N) is 5. The van der Waals surface area contributed by atoms with Gasteiger partial charge in [0.05, 0.1) is 24.4 Å². The van der Waals surface area contributed by atoms with Gasteiger partial charge < -0.3 is 14.2 Å². The second-order valence-corrected chi connectivity index (χ2v) is 7.36. The number of benzene rings is 1. The number of aryl methyl sites for hydroxylation is 1. The van der Waals surface area contributed by atoms with Gasteiger partial charge in [-0.2, -0.15) is 0 Å². The van der Waals surface area contributed by atoms with Crippen molar-refractivity contribution in [3.63, 3.8) is 0 Å². The molecule has 0 N–H and O–H groups in total. The Bertz CT molecular complexity index is 1150.